The van der Waals surface area contributed by atoms with E-state index < -0.39 is 0 Å². The zero-order valence-corrected chi connectivity index (χ0v) is 16.9. The van der Waals surface area contributed by atoms with Crippen LogP contribution in [0.1, 0.15) is 58.4 Å². The quantitative estimate of drug-likeness (QED) is 0.823. The molecule has 0 saturated heterocycles. The van der Waals surface area contributed by atoms with Crippen molar-refractivity contribution in [3.8, 4) is 11.5 Å². The van der Waals surface area contributed by atoms with Crippen molar-refractivity contribution in [3.63, 3.8) is 0 Å². The second kappa shape index (κ2) is 8.15. The number of anilines is 1. The molecule has 0 spiro atoms. The van der Waals surface area contributed by atoms with E-state index in [0.29, 0.717) is 34.9 Å². The Morgan fingerprint density at radius 3 is 2.59 bits per heavy atom. The number of nitrogens with one attached hydrogen (secondary N) is 1. The van der Waals surface area contributed by atoms with Gasteiger partial charge in [0.2, 0.25) is 0 Å². The molecule has 4 rings (SSSR count). The van der Waals surface area contributed by atoms with Gasteiger partial charge in [-0.3, -0.25) is 9.59 Å². The molecule has 2 aromatic rings. The summed E-state index contributed by atoms with van der Waals surface area (Å²) in [7, 11) is 3.11. The van der Waals surface area contributed by atoms with Crippen LogP contribution in [0, 0.1) is 0 Å². The number of nitrogens with zero attached hydrogens (tertiary/aromatic N) is 1. The first-order chi connectivity index (χ1) is 14.1. The van der Waals surface area contributed by atoms with Gasteiger partial charge in [0.05, 0.1) is 31.0 Å². The summed E-state index contributed by atoms with van der Waals surface area (Å²) in [6.07, 6.45) is 5.65. The van der Waals surface area contributed by atoms with Crippen molar-refractivity contribution in [1.29, 1.82) is 0 Å². The van der Waals surface area contributed by atoms with E-state index in [1.54, 1.807) is 31.4 Å². The molecule has 1 saturated carbocycles. The van der Waals surface area contributed by atoms with Crippen LogP contribution >= 0.6 is 0 Å². The van der Waals surface area contributed by atoms with E-state index in [2.05, 4.69) is 5.32 Å². The molecular formula is C23H26N2O4. The summed E-state index contributed by atoms with van der Waals surface area (Å²) in [5, 5.41) is 2.88. The highest BCUT2D eigenvalue weighted by atomic mass is 16.5. The number of carbonyl (C=O) groups excluding carboxylic acids is 2. The lowest BCUT2D eigenvalue weighted by molar-refractivity contribution is 0.0657. The van der Waals surface area contributed by atoms with E-state index in [9.17, 15) is 9.59 Å². The van der Waals surface area contributed by atoms with Gasteiger partial charge in [0.15, 0.2) is 0 Å². The van der Waals surface area contributed by atoms with Gasteiger partial charge < -0.3 is 19.7 Å². The van der Waals surface area contributed by atoms with Gasteiger partial charge in [-0.05, 0) is 36.6 Å². The Bertz CT molecular complexity index is 934. The van der Waals surface area contributed by atoms with Crippen molar-refractivity contribution in [2.75, 3.05) is 19.5 Å². The van der Waals surface area contributed by atoms with Crippen LogP contribution in [0.2, 0.25) is 0 Å². The van der Waals surface area contributed by atoms with Crippen molar-refractivity contribution >= 4 is 17.5 Å². The molecule has 6 nitrogen and oxygen atoms in total. The van der Waals surface area contributed by atoms with Crippen LogP contribution in [-0.2, 0) is 6.54 Å². The molecule has 29 heavy (non-hydrogen) atoms. The van der Waals surface area contributed by atoms with Gasteiger partial charge in [0, 0.05) is 18.7 Å². The van der Waals surface area contributed by atoms with Gasteiger partial charge >= 0.3 is 0 Å². The molecule has 0 atom stereocenters. The summed E-state index contributed by atoms with van der Waals surface area (Å²) in [4.78, 5) is 28.2. The molecule has 0 bridgehead atoms. The maximum Gasteiger partial charge on any atom is 0.256 e. The Hall–Kier alpha value is -3.02. The first kappa shape index (κ1) is 19.3. The molecule has 1 aliphatic carbocycles. The molecule has 2 aliphatic rings. The predicted molar refractivity (Wildman–Crippen MR) is 111 cm³/mol. The van der Waals surface area contributed by atoms with Gasteiger partial charge in [-0.15, -0.1) is 0 Å². The third-order valence-electron chi connectivity index (χ3n) is 5.88. The summed E-state index contributed by atoms with van der Waals surface area (Å²) >= 11 is 0. The number of fused-ring (bicyclic) bond motifs is 1. The van der Waals surface area contributed by atoms with Gasteiger partial charge in [-0.1, -0.05) is 31.4 Å². The Kier molecular flexibility index (Phi) is 5.43. The molecule has 6 heteroatoms. The average molecular weight is 394 g/mol. The zero-order valence-electron chi connectivity index (χ0n) is 16.9. The normalized spacial score (nSPS) is 16.5. The van der Waals surface area contributed by atoms with E-state index in [1.165, 1.54) is 13.5 Å². The van der Waals surface area contributed by atoms with Crippen molar-refractivity contribution in [2.24, 2.45) is 0 Å². The monoisotopic (exact) mass is 394 g/mol. The van der Waals surface area contributed by atoms with Gasteiger partial charge in [-0.2, -0.15) is 0 Å². The molecule has 0 aromatic heterocycles. The number of benzene rings is 2. The largest absolute Gasteiger partial charge is 0.497 e. The second-order valence-electron chi connectivity index (χ2n) is 7.58. The second-order valence-corrected chi connectivity index (χ2v) is 7.58. The Balaban J connectivity index is 1.59. The molecule has 1 N–H and O–H groups in total. The molecule has 2 amide bonds. The lowest BCUT2D eigenvalue weighted by Crippen LogP contribution is -2.37. The first-order valence-corrected chi connectivity index (χ1v) is 10.1. The topological polar surface area (TPSA) is 67.9 Å². The molecule has 0 unspecified atom stereocenters. The minimum absolute atomic E-state index is 0.0284. The summed E-state index contributed by atoms with van der Waals surface area (Å²) in [6, 6.07) is 11.0. The number of methoxy groups -OCH3 is 2. The van der Waals surface area contributed by atoms with E-state index >= 15 is 0 Å². The number of rotatable bonds is 5. The van der Waals surface area contributed by atoms with E-state index in [-0.39, 0.29) is 17.9 Å². The number of carbonyl (C=O) groups is 2. The highest BCUT2D eigenvalue weighted by molar-refractivity contribution is 6.14. The molecule has 1 heterocycles. The summed E-state index contributed by atoms with van der Waals surface area (Å²) < 4.78 is 10.6. The van der Waals surface area contributed by atoms with Crippen molar-refractivity contribution in [1.82, 2.24) is 4.90 Å². The predicted octanol–water partition coefficient (Wildman–Crippen LogP) is 4.24. The SMILES string of the molecule is COc1ccc(NC(=O)c2cccc3c2C(=O)N(C2CCCCC2)C3)c(OC)c1. The fourth-order valence-electron chi connectivity index (χ4n) is 4.35. The first-order valence-electron chi connectivity index (χ1n) is 10.1. The van der Waals surface area contributed by atoms with Crippen LogP contribution in [0.3, 0.4) is 0 Å². The van der Waals surface area contributed by atoms with Crippen LogP contribution in [0.4, 0.5) is 5.69 Å². The Morgan fingerprint density at radius 1 is 1.07 bits per heavy atom. The third kappa shape index (κ3) is 3.67. The Labute approximate surface area is 170 Å². The molecule has 152 valence electrons. The van der Waals surface area contributed by atoms with Crippen LogP contribution < -0.4 is 14.8 Å². The lowest BCUT2D eigenvalue weighted by Gasteiger charge is -2.30. The lowest BCUT2D eigenvalue weighted by atomic mass is 9.94. The van der Waals surface area contributed by atoms with E-state index in [4.69, 9.17) is 9.47 Å². The fourth-order valence-corrected chi connectivity index (χ4v) is 4.35. The molecule has 2 aromatic carbocycles. The highest BCUT2D eigenvalue weighted by Crippen LogP contribution is 2.34. The standard InChI is InChI=1S/C23H26N2O4/c1-28-17-11-12-19(20(13-17)29-2)24-22(26)18-10-6-7-15-14-25(23(27)21(15)18)16-8-4-3-5-9-16/h6-7,10-13,16H,3-5,8-9,14H2,1-2H3,(H,24,26). The number of hydrogen-bond donors (Lipinski definition) is 1. The number of ether oxygens (including phenoxy) is 2. The summed E-state index contributed by atoms with van der Waals surface area (Å²) in [6.45, 7) is 0.589. The van der Waals surface area contributed by atoms with E-state index in [0.717, 1.165) is 31.2 Å². The van der Waals surface area contributed by atoms with Gasteiger partial charge in [0.1, 0.15) is 11.5 Å². The maximum absolute atomic E-state index is 13.2. The minimum Gasteiger partial charge on any atom is -0.497 e. The molecule has 0 radical (unpaired) electrons. The van der Waals surface area contributed by atoms with Crippen LogP contribution in [0.5, 0.6) is 11.5 Å². The number of amides is 2. The van der Waals surface area contributed by atoms with Crippen molar-refractivity contribution in [2.45, 2.75) is 44.7 Å². The summed E-state index contributed by atoms with van der Waals surface area (Å²) in [5.74, 6) is 0.794. The van der Waals surface area contributed by atoms with Crippen LogP contribution in [-0.4, -0.2) is 37.0 Å². The zero-order chi connectivity index (χ0) is 20.4. The van der Waals surface area contributed by atoms with Gasteiger partial charge in [0.25, 0.3) is 11.8 Å². The summed E-state index contributed by atoms with van der Waals surface area (Å²) in [5.41, 5.74) is 2.40. The van der Waals surface area contributed by atoms with Crippen molar-refractivity contribution in [3.05, 3.63) is 53.1 Å². The minimum atomic E-state index is -0.316. The number of hydrogen-bond acceptors (Lipinski definition) is 4. The fraction of sp³-hybridized carbons (Fsp3) is 0.391. The Morgan fingerprint density at radius 2 is 1.86 bits per heavy atom. The van der Waals surface area contributed by atoms with E-state index in [1.807, 2.05) is 17.0 Å². The molecule has 1 aliphatic heterocycles. The van der Waals surface area contributed by atoms with Crippen LogP contribution in [0.25, 0.3) is 0 Å². The van der Waals surface area contributed by atoms with Crippen LogP contribution in [0.15, 0.2) is 36.4 Å². The molecule has 1 fully saturated rings. The van der Waals surface area contributed by atoms with Crippen molar-refractivity contribution < 1.29 is 19.1 Å². The highest BCUT2D eigenvalue weighted by Gasteiger charge is 2.36. The third-order valence-corrected chi connectivity index (χ3v) is 5.88. The average Bonchev–Trinajstić information content (AvgIpc) is 3.11. The van der Waals surface area contributed by atoms with Gasteiger partial charge in [-0.25, -0.2) is 0 Å². The smallest absolute Gasteiger partial charge is 0.256 e. The molecular weight excluding hydrogens is 368 g/mol. The maximum atomic E-state index is 13.2.